The van der Waals surface area contributed by atoms with Crippen molar-refractivity contribution in [2.75, 3.05) is 31.1 Å². The first kappa shape index (κ1) is 17.2. The number of carbonyl (C=O) groups is 1. The van der Waals surface area contributed by atoms with Gasteiger partial charge in [-0.05, 0) is 44.2 Å². The lowest BCUT2D eigenvalue weighted by atomic mass is 10.1. The lowest BCUT2D eigenvalue weighted by Gasteiger charge is -2.17. The van der Waals surface area contributed by atoms with Crippen LogP contribution in [0.2, 0.25) is 0 Å². The predicted molar refractivity (Wildman–Crippen MR) is 87.8 cm³/mol. The molecule has 0 spiro atoms. The fourth-order valence-corrected chi connectivity index (χ4v) is 2.75. The first-order valence-electron chi connectivity index (χ1n) is 8.06. The molecule has 0 unspecified atom stereocenters. The van der Waals surface area contributed by atoms with Gasteiger partial charge < -0.3 is 15.3 Å². The van der Waals surface area contributed by atoms with Gasteiger partial charge in [-0.15, -0.1) is 0 Å². The normalized spacial score (nSPS) is 14.0. The molecule has 7 heteroatoms. The van der Waals surface area contributed by atoms with Crippen LogP contribution in [-0.4, -0.2) is 42.2 Å². The van der Waals surface area contributed by atoms with Crippen LogP contribution in [0.15, 0.2) is 18.2 Å². The van der Waals surface area contributed by atoms with Gasteiger partial charge in [0.1, 0.15) is 5.69 Å². The fourth-order valence-electron chi connectivity index (χ4n) is 2.75. The Balaban J connectivity index is 2.03. The number of hydrogen-bond acceptors (Lipinski definition) is 5. The van der Waals surface area contributed by atoms with Crippen molar-refractivity contribution in [1.82, 2.24) is 5.32 Å². The summed E-state index contributed by atoms with van der Waals surface area (Å²) in [4.78, 5) is 25.0. The lowest BCUT2D eigenvalue weighted by molar-refractivity contribution is -0.384. The molecule has 0 atom stereocenters. The number of aliphatic hydroxyl groups is 1. The van der Waals surface area contributed by atoms with Gasteiger partial charge in [-0.2, -0.15) is 0 Å². The summed E-state index contributed by atoms with van der Waals surface area (Å²) in [5.74, 6) is -0.301. The average Bonchev–Trinajstić information content (AvgIpc) is 3.08. The maximum atomic E-state index is 12.1. The van der Waals surface area contributed by atoms with Crippen molar-refractivity contribution < 1.29 is 14.8 Å². The van der Waals surface area contributed by atoms with Crippen molar-refractivity contribution in [2.45, 2.75) is 32.1 Å². The van der Waals surface area contributed by atoms with Crippen LogP contribution in [0, 0.1) is 10.1 Å². The second-order valence-electron chi connectivity index (χ2n) is 5.69. The Morgan fingerprint density at radius 3 is 2.65 bits per heavy atom. The van der Waals surface area contributed by atoms with E-state index >= 15 is 0 Å². The first-order chi connectivity index (χ1) is 11.1. The summed E-state index contributed by atoms with van der Waals surface area (Å²) >= 11 is 0. The predicted octanol–water partition coefficient (Wildman–Crippen LogP) is 2.09. The number of anilines is 1. The molecular weight excluding hydrogens is 298 g/mol. The molecule has 1 amide bonds. The number of benzene rings is 1. The summed E-state index contributed by atoms with van der Waals surface area (Å²) in [5, 5.41) is 22.8. The van der Waals surface area contributed by atoms with Gasteiger partial charge in [-0.3, -0.25) is 14.9 Å². The lowest BCUT2D eigenvalue weighted by Crippen LogP contribution is -2.25. The van der Waals surface area contributed by atoms with Gasteiger partial charge in [-0.1, -0.05) is 0 Å². The third-order valence-corrected chi connectivity index (χ3v) is 4.00. The summed E-state index contributed by atoms with van der Waals surface area (Å²) in [6.45, 7) is 2.28. The van der Waals surface area contributed by atoms with Gasteiger partial charge in [0, 0.05) is 37.9 Å². The maximum Gasteiger partial charge on any atom is 0.293 e. The zero-order chi connectivity index (χ0) is 16.7. The number of nitro benzene ring substituents is 1. The first-order valence-corrected chi connectivity index (χ1v) is 8.06. The number of carbonyl (C=O) groups excluding carboxylic acids is 1. The Kier molecular flexibility index (Phi) is 6.34. The quantitative estimate of drug-likeness (QED) is 0.434. The molecule has 23 heavy (non-hydrogen) atoms. The van der Waals surface area contributed by atoms with E-state index in [0.29, 0.717) is 24.2 Å². The molecule has 0 aromatic heterocycles. The van der Waals surface area contributed by atoms with Crippen molar-refractivity contribution in [3.63, 3.8) is 0 Å². The van der Waals surface area contributed by atoms with Gasteiger partial charge in [-0.25, -0.2) is 0 Å². The van der Waals surface area contributed by atoms with Crippen LogP contribution < -0.4 is 10.2 Å². The number of amides is 1. The number of rotatable bonds is 8. The van der Waals surface area contributed by atoms with E-state index in [-0.39, 0.29) is 18.2 Å². The Hall–Kier alpha value is -2.15. The van der Waals surface area contributed by atoms with Crippen LogP contribution in [0.3, 0.4) is 0 Å². The topological polar surface area (TPSA) is 95.7 Å². The standard InChI is InChI=1S/C16H23N3O4/c20-11-5-1-2-8-17-16(21)13-6-7-14(15(12-13)19(22)23)18-9-3-4-10-18/h6-7,12,20H,1-5,8-11H2,(H,17,21). The molecule has 2 rings (SSSR count). The third kappa shape index (κ3) is 4.66. The monoisotopic (exact) mass is 321 g/mol. The van der Waals surface area contributed by atoms with Crippen LogP contribution in [-0.2, 0) is 0 Å². The molecule has 0 saturated carbocycles. The van der Waals surface area contributed by atoms with Gasteiger partial charge in [0.2, 0.25) is 0 Å². The number of unbranched alkanes of at least 4 members (excludes halogenated alkanes) is 2. The third-order valence-electron chi connectivity index (χ3n) is 4.00. The average molecular weight is 321 g/mol. The summed E-state index contributed by atoms with van der Waals surface area (Å²) in [6, 6.07) is 4.67. The van der Waals surface area contributed by atoms with Gasteiger partial charge >= 0.3 is 0 Å². The van der Waals surface area contributed by atoms with Crippen molar-refractivity contribution in [2.24, 2.45) is 0 Å². The Bertz CT molecular complexity index is 556. The molecule has 0 aliphatic carbocycles. The highest BCUT2D eigenvalue weighted by Gasteiger charge is 2.23. The van der Waals surface area contributed by atoms with Crippen molar-refractivity contribution in [3.8, 4) is 0 Å². The van der Waals surface area contributed by atoms with E-state index in [2.05, 4.69) is 5.32 Å². The van der Waals surface area contributed by atoms with E-state index in [4.69, 9.17) is 5.11 Å². The van der Waals surface area contributed by atoms with E-state index in [1.807, 2.05) is 4.90 Å². The molecule has 1 aromatic carbocycles. The van der Waals surface area contributed by atoms with E-state index in [1.165, 1.54) is 6.07 Å². The molecule has 7 nitrogen and oxygen atoms in total. The van der Waals surface area contributed by atoms with Crippen LogP contribution in [0.25, 0.3) is 0 Å². The molecule has 1 fully saturated rings. The number of nitrogens with one attached hydrogen (secondary N) is 1. The molecule has 1 saturated heterocycles. The van der Waals surface area contributed by atoms with Crippen LogP contribution in [0.4, 0.5) is 11.4 Å². The summed E-state index contributed by atoms with van der Waals surface area (Å²) in [7, 11) is 0. The SMILES string of the molecule is O=C(NCCCCCO)c1ccc(N2CCCC2)c([N+](=O)[O-])c1. The molecule has 126 valence electrons. The number of nitrogens with zero attached hydrogens (tertiary/aromatic N) is 2. The second-order valence-corrected chi connectivity index (χ2v) is 5.69. The van der Waals surface area contributed by atoms with Crippen LogP contribution >= 0.6 is 0 Å². The minimum atomic E-state index is -0.425. The molecule has 1 aromatic rings. The van der Waals surface area contributed by atoms with Crippen molar-refractivity contribution in [3.05, 3.63) is 33.9 Å². The van der Waals surface area contributed by atoms with E-state index in [1.54, 1.807) is 12.1 Å². The molecule has 0 radical (unpaired) electrons. The van der Waals surface area contributed by atoms with Crippen LogP contribution in [0.5, 0.6) is 0 Å². The Morgan fingerprint density at radius 2 is 2.00 bits per heavy atom. The molecule has 0 bridgehead atoms. The van der Waals surface area contributed by atoms with Crippen LogP contribution in [0.1, 0.15) is 42.5 Å². The smallest absolute Gasteiger partial charge is 0.293 e. The second kappa shape index (κ2) is 8.47. The summed E-state index contributed by atoms with van der Waals surface area (Å²) < 4.78 is 0. The van der Waals surface area contributed by atoms with E-state index < -0.39 is 4.92 Å². The van der Waals surface area contributed by atoms with Gasteiger partial charge in [0.05, 0.1) is 4.92 Å². The molecule has 1 heterocycles. The minimum absolute atomic E-state index is 0.0140. The Morgan fingerprint density at radius 1 is 1.26 bits per heavy atom. The van der Waals surface area contributed by atoms with Crippen molar-refractivity contribution in [1.29, 1.82) is 0 Å². The zero-order valence-electron chi connectivity index (χ0n) is 13.2. The van der Waals surface area contributed by atoms with Crippen molar-refractivity contribution >= 4 is 17.3 Å². The number of aliphatic hydroxyl groups excluding tert-OH is 1. The highest BCUT2D eigenvalue weighted by molar-refractivity contribution is 5.95. The fraction of sp³-hybridized carbons (Fsp3) is 0.562. The highest BCUT2D eigenvalue weighted by atomic mass is 16.6. The van der Waals surface area contributed by atoms with E-state index in [0.717, 1.165) is 38.8 Å². The zero-order valence-corrected chi connectivity index (χ0v) is 13.2. The van der Waals surface area contributed by atoms with E-state index in [9.17, 15) is 14.9 Å². The summed E-state index contributed by atoms with van der Waals surface area (Å²) in [6.07, 6.45) is 4.40. The molecule has 1 aliphatic heterocycles. The van der Waals surface area contributed by atoms with Gasteiger partial charge in [0.25, 0.3) is 11.6 Å². The molecule has 1 aliphatic rings. The maximum absolute atomic E-state index is 12.1. The molecule has 2 N–H and O–H groups in total. The minimum Gasteiger partial charge on any atom is -0.396 e. The number of nitro groups is 1. The number of hydrogen-bond donors (Lipinski definition) is 2. The largest absolute Gasteiger partial charge is 0.396 e. The van der Waals surface area contributed by atoms with Gasteiger partial charge in [0.15, 0.2) is 0 Å². The Labute approximate surface area is 135 Å². The molecular formula is C16H23N3O4. The summed E-state index contributed by atoms with van der Waals surface area (Å²) in [5.41, 5.74) is 0.883. The highest BCUT2D eigenvalue weighted by Crippen LogP contribution is 2.31.